The van der Waals surface area contributed by atoms with Crippen molar-refractivity contribution in [2.24, 2.45) is 0 Å². The summed E-state index contributed by atoms with van der Waals surface area (Å²) in [7, 11) is -1.46. The molecule has 0 fully saturated rings. The number of aromatic nitrogens is 12. The Morgan fingerprint density at radius 1 is 0.557 bits per heavy atom. The number of nitrogens with zero attached hydrogens (tertiary/aromatic N) is 12. The maximum Gasteiger partial charge on any atom is 0.197 e. The van der Waals surface area contributed by atoms with Crippen molar-refractivity contribution in [1.29, 1.82) is 0 Å². The van der Waals surface area contributed by atoms with Crippen LogP contribution in [0.2, 0.25) is 0 Å². The highest BCUT2D eigenvalue weighted by Crippen LogP contribution is 2.39. The number of methoxy groups -OCH3 is 4. The molecule has 0 saturated carbocycles. The highest BCUT2D eigenvalue weighted by Gasteiger charge is 2.32. The van der Waals surface area contributed by atoms with Crippen LogP contribution in [0, 0.1) is 25.5 Å². The second kappa shape index (κ2) is 21.8. The Bertz CT molecular complexity index is 3050. The third-order valence-electron chi connectivity index (χ3n) is 10.5. The van der Waals surface area contributed by atoms with Crippen LogP contribution in [0.15, 0.2) is 71.9 Å². The van der Waals surface area contributed by atoms with Crippen LogP contribution in [0.1, 0.15) is 48.5 Å². The minimum atomic E-state index is -3.75. The molecular weight excluding hydrogens is 991 g/mol. The first kappa shape index (κ1) is 51.0. The van der Waals surface area contributed by atoms with Gasteiger partial charge in [0.25, 0.3) is 0 Å². The van der Waals surface area contributed by atoms with Crippen molar-refractivity contribution in [3.8, 4) is 56.0 Å². The van der Waals surface area contributed by atoms with Gasteiger partial charge in [-0.25, -0.2) is 55.5 Å². The number of halogens is 2. The number of sulfone groups is 2. The van der Waals surface area contributed by atoms with E-state index in [2.05, 4.69) is 50.3 Å². The van der Waals surface area contributed by atoms with E-state index in [4.69, 9.17) is 18.9 Å². The van der Waals surface area contributed by atoms with E-state index >= 15 is 0 Å². The molecule has 0 aliphatic carbocycles. The van der Waals surface area contributed by atoms with Crippen molar-refractivity contribution in [3.63, 3.8) is 0 Å². The number of ether oxygens (including phenoxy) is 4. The first-order valence-corrected chi connectivity index (χ1v) is 26.2. The molecule has 6 heterocycles. The Morgan fingerprint density at radius 3 is 1.17 bits per heavy atom. The van der Waals surface area contributed by atoms with Crippen LogP contribution in [-0.2, 0) is 44.0 Å². The zero-order valence-electron chi connectivity index (χ0n) is 38.9. The second-order valence-corrected chi connectivity index (χ2v) is 22.0. The molecular formula is C44H46F2N12O8S4. The maximum absolute atomic E-state index is 13.3. The average molecular weight is 1040 g/mol. The van der Waals surface area contributed by atoms with Gasteiger partial charge in [-0.2, -0.15) is 0 Å². The molecule has 0 amide bonds. The summed E-state index contributed by atoms with van der Waals surface area (Å²) in [6, 6.07) is 10.5. The van der Waals surface area contributed by atoms with E-state index in [0.29, 0.717) is 56.0 Å². The van der Waals surface area contributed by atoms with Crippen molar-refractivity contribution in [1.82, 2.24) is 59.4 Å². The molecule has 2 atom stereocenters. The summed E-state index contributed by atoms with van der Waals surface area (Å²) < 4.78 is 105. The fraction of sp³-hybridized carbons (Fsp3) is 0.318. The molecule has 0 bridgehead atoms. The highest BCUT2D eigenvalue weighted by molar-refractivity contribution is 7.91. The van der Waals surface area contributed by atoms with Gasteiger partial charge in [0, 0.05) is 35.0 Å². The van der Waals surface area contributed by atoms with Crippen LogP contribution in [0.25, 0.3) is 33.0 Å². The van der Waals surface area contributed by atoms with Gasteiger partial charge in [-0.3, -0.25) is 9.13 Å². The van der Waals surface area contributed by atoms with Crippen molar-refractivity contribution in [2.45, 2.75) is 62.5 Å². The standard InChI is InChI=1S/2C22H23FN6O4S2/c2*1-13-11-34-22(26-13)21-28-27-19(29(21)20-16(32-3)6-5-7-17(20)33-4)12-35(30,31)14(2)8-18-24-9-15(23)10-25-18/h2*5-7,9-11,14H,8,12H2,1-4H3/t2*14-/m10/s1. The monoisotopic (exact) mass is 1040 g/mol. The molecule has 20 nitrogen and oxygen atoms in total. The number of hydrogen-bond acceptors (Lipinski definition) is 20. The lowest BCUT2D eigenvalue weighted by Crippen LogP contribution is -2.24. The van der Waals surface area contributed by atoms with Crippen LogP contribution in [0.4, 0.5) is 8.78 Å². The third kappa shape index (κ3) is 11.4. The molecule has 70 heavy (non-hydrogen) atoms. The number of aryl methyl sites for hydroxylation is 2. The molecule has 0 unspecified atom stereocenters. The van der Waals surface area contributed by atoms with E-state index in [9.17, 15) is 25.6 Å². The molecule has 0 aliphatic rings. The van der Waals surface area contributed by atoms with E-state index in [0.717, 1.165) is 36.2 Å². The van der Waals surface area contributed by atoms with Crippen molar-refractivity contribution in [2.75, 3.05) is 28.4 Å². The lowest BCUT2D eigenvalue weighted by molar-refractivity contribution is 0.390. The van der Waals surface area contributed by atoms with Crippen LogP contribution in [0.3, 0.4) is 0 Å². The quantitative estimate of drug-likeness (QED) is 0.0904. The van der Waals surface area contributed by atoms with Gasteiger partial charge in [0.05, 0.1) is 63.7 Å². The molecule has 8 aromatic rings. The number of benzene rings is 2. The van der Waals surface area contributed by atoms with Crippen LogP contribution >= 0.6 is 22.7 Å². The number of para-hydroxylation sites is 2. The molecule has 8 rings (SSSR count). The lowest BCUT2D eigenvalue weighted by Gasteiger charge is -2.17. The number of rotatable bonds is 18. The first-order chi connectivity index (χ1) is 33.5. The molecule has 0 saturated heterocycles. The summed E-state index contributed by atoms with van der Waals surface area (Å²) >= 11 is 2.73. The predicted molar refractivity (Wildman–Crippen MR) is 256 cm³/mol. The van der Waals surface area contributed by atoms with Gasteiger partial charge in [-0.05, 0) is 52.0 Å². The number of hydrogen-bond donors (Lipinski definition) is 0. The van der Waals surface area contributed by atoms with E-state index in [1.807, 2.05) is 24.6 Å². The fourth-order valence-electron chi connectivity index (χ4n) is 6.89. The van der Waals surface area contributed by atoms with Crippen molar-refractivity contribution < 1.29 is 44.6 Å². The Morgan fingerprint density at radius 2 is 0.886 bits per heavy atom. The van der Waals surface area contributed by atoms with Crippen LogP contribution in [0.5, 0.6) is 23.0 Å². The molecule has 0 aliphatic heterocycles. The van der Waals surface area contributed by atoms with Crippen LogP contribution in [-0.4, -0.2) is 115 Å². The zero-order chi connectivity index (χ0) is 50.3. The van der Waals surface area contributed by atoms with Crippen molar-refractivity contribution in [3.05, 3.63) is 118 Å². The normalized spacial score (nSPS) is 12.5. The molecule has 2 aromatic carbocycles. The maximum atomic E-state index is 13.3. The first-order valence-electron chi connectivity index (χ1n) is 21.0. The second-order valence-electron chi connectivity index (χ2n) is 15.4. The summed E-state index contributed by atoms with van der Waals surface area (Å²) in [5.41, 5.74) is 2.53. The minimum absolute atomic E-state index is 0.0211. The fourth-order valence-corrected chi connectivity index (χ4v) is 10.9. The van der Waals surface area contributed by atoms with Gasteiger partial charge >= 0.3 is 0 Å². The van der Waals surface area contributed by atoms with Gasteiger partial charge in [0.2, 0.25) is 0 Å². The molecule has 0 radical (unpaired) electrons. The predicted octanol–water partition coefficient (Wildman–Crippen LogP) is 6.38. The molecule has 6 aromatic heterocycles. The summed E-state index contributed by atoms with van der Waals surface area (Å²) in [4.78, 5) is 24.5. The third-order valence-corrected chi connectivity index (χ3v) is 16.5. The van der Waals surface area contributed by atoms with Gasteiger partial charge in [0.15, 0.2) is 64.6 Å². The van der Waals surface area contributed by atoms with Gasteiger partial charge in [-0.15, -0.1) is 43.1 Å². The number of thiazole rings is 2. The average Bonchev–Trinajstić information content (AvgIpc) is 4.17. The highest BCUT2D eigenvalue weighted by atomic mass is 32.2. The van der Waals surface area contributed by atoms with E-state index in [-0.39, 0.29) is 36.1 Å². The topological polar surface area (TPSA) is 244 Å². The summed E-state index contributed by atoms with van der Waals surface area (Å²) in [5, 5.41) is 20.2. The van der Waals surface area contributed by atoms with Gasteiger partial charge < -0.3 is 18.9 Å². The molecule has 368 valence electrons. The van der Waals surface area contributed by atoms with E-state index in [1.54, 1.807) is 59.4 Å². The van der Waals surface area contributed by atoms with E-state index < -0.39 is 53.3 Å². The SMILES string of the molecule is COc1cccc(OC)c1-n1c(CS(=O)(=O)[C@@H](C)Cc2ncc(F)cn2)nnc1-c1nc(C)cs1.COc1cccc(OC)c1-n1c(CS(=O)(=O)[C@H](C)Cc2ncc(F)cn2)nnc1-c1nc(C)cs1. The Labute approximate surface area is 409 Å². The minimum Gasteiger partial charge on any atom is -0.494 e. The smallest absolute Gasteiger partial charge is 0.197 e. The lowest BCUT2D eigenvalue weighted by atomic mass is 10.2. The van der Waals surface area contributed by atoms with Gasteiger partial charge in [-0.1, -0.05) is 12.1 Å². The van der Waals surface area contributed by atoms with Crippen LogP contribution < -0.4 is 18.9 Å². The molecule has 0 spiro atoms. The summed E-state index contributed by atoms with van der Waals surface area (Å²) in [6.45, 7) is 6.82. The Kier molecular flexibility index (Phi) is 15.9. The molecule has 0 N–H and O–H groups in total. The summed E-state index contributed by atoms with van der Waals surface area (Å²) in [5.74, 6) is 1.30. The van der Waals surface area contributed by atoms with E-state index in [1.165, 1.54) is 51.1 Å². The zero-order valence-corrected chi connectivity index (χ0v) is 42.2. The Hall–Kier alpha value is -6.90. The molecule has 26 heteroatoms. The Balaban J connectivity index is 0.000000206. The summed E-state index contributed by atoms with van der Waals surface area (Å²) in [6.07, 6.45) is 4.08. The van der Waals surface area contributed by atoms with Crippen molar-refractivity contribution >= 4 is 42.3 Å². The van der Waals surface area contributed by atoms with Gasteiger partial charge in [0.1, 0.15) is 57.5 Å². The largest absolute Gasteiger partial charge is 0.494 e.